The van der Waals surface area contributed by atoms with E-state index in [2.05, 4.69) is 27.4 Å². The summed E-state index contributed by atoms with van der Waals surface area (Å²) in [6.07, 6.45) is 6.50. The number of hydrogen-bond donors (Lipinski definition) is 1. The smallest absolute Gasteiger partial charge is 0.410 e. The Morgan fingerprint density at radius 1 is 1.23 bits per heavy atom. The molecule has 1 aliphatic rings. The zero-order valence-electron chi connectivity index (χ0n) is 20.8. The number of benzene rings is 1. The van der Waals surface area contributed by atoms with Crippen LogP contribution in [0.25, 0.3) is 0 Å². The first-order chi connectivity index (χ1) is 16.9. The van der Waals surface area contributed by atoms with Crippen molar-refractivity contribution < 1.29 is 19.1 Å². The third-order valence-corrected chi connectivity index (χ3v) is 5.41. The number of carbonyl (C=O) groups is 2. The molecule has 0 saturated heterocycles. The number of amides is 2. The van der Waals surface area contributed by atoms with Gasteiger partial charge in [-0.05, 0) is 68.5 Å². The molecule has 1 aromatic heterocycles. The molecular formula is C26H33N5O4. The molecule has 0 radical (unpaired) electrons. The Balaban J connectivity index is 1.73. The molecule has 3 rings (SSSR count). The highest BCUT2D eigenvalue weighted by Crippen LogP contribution is 2.29. The van der Waals surface area contributed by atoms with Gasteiger partial charge in [-0.3, -0.25) is 4.79 Å². The lowest BCUT2D eigenvalue weighted by Crippen LogP contribution is -2.37. The summed E-state index contributed by atoms with van der Waals surface area (Å²) in [4.78, 5) is 31.5. The second-order valence-corrected chi connectivity index (χ2v) is 8.51. The van der Waals surface area contributed by atoms with Gasteiger partial charge in [-0.15, -0.1) is 0 Å². The third-order valence-electron chi connectivity index (χ3n) is 5.41. The zero-order chi connectivity index (χ0) is 25.2. The quantitative estimate of drug-likeness (QED) is 0.315. The van der Waals surface area contributed by atoms with Crippen LogP contribution in [-0.2, 0) is 17.7 Å². The maximum absolute atomic E-state index is 13.1. The SMILES string of the molecule is CCCC/C=N/N=C/c1cccc(NC(=O)c2cc3c(cc2OC)CCN(C(=O)OC(C)C)C3)n1. The van der Waals surface area contributed by atoms with E-state index in [0.29, 0.717) is 42.3 Å². The van der Waals surface area contributed by atoms with Crippen LogP contribution >= 0.6 is 0 Å². The average molecular weight is 480 g/mol. The van der Waals surface area contributed by atoms with E-state index in [1.807, 2.05) is 19.9 Å². The molecule has 0 spiro atoms. The molecule has 1 aromatic carbocycles. The summed E-state index contributed by atoms with van der Waals surface area (Å²) in [5.41, 5.74) is 2.87. The number of anilines is 1. The number of pyridine rings is 1. The molecule has 2 heterocycles. The number of rotatable bonds is 9. The highest BCUT2D eigenvalue weighted by atomic mass is 16.6. The Morgan fingerprint density at radius 2 is 2.06 bits per heavy atom. The van der Waals surface area contributed by atoms with Crippen LogP contribution < -0.4 is 10.1 Å². The predicted octanol–water partition coefficient (Wildman–Crippen LogP) is 4.84. The van der Waals surface area contributed by atoms with E-state index >= 15 is 0 Å². The van der Waals surface area contributed by atoms with Crippen LogP contribution in [0.2, 0.25) is 0 Å². The summed E-state index contributed by atoms with van der Waals surface area (Å²) < 4.78 is 10.8. The molecule has 0 bridgehead atoms. The minimum absolute atomic E-state index is 0.192. The summed E-state index contributed by atoms with van der Waals surface area (Å²) >= 11 is 0. The Morgan fingerprint density at radius 3 is 2.80 bits per heavy atom. The van der Waals surface area contributed by atoms with Crippen LogP contribution in [-0.4, -0.2) is 54.1 Å². The fourth-order valence-electron chi connectivity index (χ4n) is 3.63. The van der Waals surface area contributed by atoms with E-state index in [9.17, 15) is 9.59 Å². The lowest BCUT2D eigenvalue weighted by molar-refractivity contribution is 0.0730. The first-order valence-corrected chi connectivity index (χ1v) is 11.9. The largest absolute Gasteiger partial charge is 0.496 e. The van der Waals surface area contributed by atoms with E-state index in [1.165, 1.54) is 7.11 Å². The van der Waals surface area contributed by atoms with Crippen molar-refractivity contribution in [1.82, 2.24) is 9.88 Å². The van der Waals surface area contributed by atoms with Gasteiger partial charge in [-0.2, -0.15) is 10.2 Å². The summed E-state index contributed by atoms with van der Waals surface area (Å²) in [6, 6.07) is 8.91. The molecule has 0 aliphatic carbocycles. The van der Waals surface area contributed by atoms with Gasteiger partial charge in [0.2, 0.25) is 0 Å². The summed E-state index contributed by atoms with van der Waals surface area (Å²) in [6.45, 7) is 6.68. The number of carbonyl (C=O) groups excluding carboxylic acids is 2. The maximum atomic E-state index is 13.1. The molecule has 0 atom stereocenters. The standard InChI is InChI=1S/C26H33N5O4/c1-5-6-7-12-27-28-16-21-9-8-10-24(29-21)30-25(32)22-14-20-17-31(26(33)35-18(2)3)13-11-19(20)15-23(22)34-4/h8-10,12,14-16,18H,5-7,11,13,17H2,1-4H3,(H,29,30,32)/b27-12+,28-16+. The minimum Gasteiger partial charge on any atom is -0.496 e. The van der Waals surface area contributed by atoms with Crippen molar-refractivity contribution in [3.8, 4) is 5.75 Å². The molecule has 186 valence electrons. The van der Waals surface area contributed by atoms with Crippen LogP contribution in [0.3, 0.4) is 0 Å². The average Bonchev–Trinajstić information content (AvgIpc) is 2.84. The van der Waals surface area contributed by atoms with Crippen LogP contribution in [0.1, 0.15) is 67.2 Å². The summed E-state index contributed by atoms with van der Waals surface area (Å²) in [5, 5.41) is 10.8. The number of nitrogens with zero attached hydrogens (tertiary/aromatic N) is 4. The molecule has 9 nitrogen and oxygen atoms in total. The van der Waals surface area contributed by atoms with Gasteiger partial charge in [-0.1, -0.05) is 19.4 Å². The van der Waals surface area contributed by atoms with Gasteiger partial charge in [-0.25, -0.2) is 9.78 Å². The Hall–Kier alpha value is -3.75. The van der Waals surface area contributed by atoms with Gasteiger partial charge in [0.25, 0.3) is 5.91 Å². The predicted molar refractivity (Wildman–Crippen MR) is 137 cm³/mol. The van der Waals surface area contributed by atoms with Crippen molar-refractivity contribution in [2.75, 3.05) is 19.0 Å². The Bertz CT molecular complexity index is 1100. The van der Waals surface area contributed by atoms with Crippen molar-refractivity contribution in [3.05, 3.63) is 52.7 Å². The highest BCUT2D eigenvalue weighted by Gasteiger charge is 2.25. The molecule has 1 N–H and O–H groups in total. The minimum atomic E-state index is -0.357. The maximum Gasteiger partial charge on any atom is 0.410 e. The van der Waals surface area contributed by atoms with Crippen LogP contribution in [0, 0.1) is 0 Å². The molecule has 35 heavy (non-hydrogen) atoms. The van der Waals surface area contributed by atoms with Crippen molar-refractivity contribution >= 4 is 30.2 Å². The molecule has 1 aliphatic heterocycles. The number of aromatic nitrogens is 1. The van der Waals surface area contributed by atoms with Crippen molar-refractivity contribution in [3.63, 3.8) is 0 Å². The van der Waals surface area contributed by atoms with Gasteiger partial charge in [0.1, 0.15) is 11.6 Å². The molecule has 0 fully saturated rings. The summed E-state index contributed by atoms with van der Waals surface area (Å²) in [5.74, 6) is 0.500. The second-order valence-electron chi connectivity index (χ2n) is 8.51. The molecular weight excluding hydrogens is 446 g/mol. The van der Waals surface area contributed by atoms with Gasteiger partial charge < -0.3 is 19.7 Å². The normalized spacial score (nSPS) is 13.3. The topological polar surface area (TPSA) is 105 Å². The highest BCUT2D eigenvalue weighted by molar-refractivity contribution is 6.06. The molecule has 9 heteroatoms. The number of unbranched alkanes of at least 4 members (excludes halogenated alkanes) is 2. The number of fused-ring (bicyclic) bond motifs is 1. The molecule has 0 unspecified atom stereocenters. The number of hydrogen-bond acceptors (Lipinski definition) is 7. The van der Waals surface area contributed by atoms with Crippen molar-refractivity contribution in [2.24, 2.45) is 10.2 Å². The molecule has 0 saturated carbocycles. The number of methoxy groups -OCH3 is 1. The van der Waals surface area contributed by atoms with E-state index in [1.54, 1.807) is 41.6 Å². The monoisotopic (exact) mass is 479 g/mol. The molecule has 2 aromatic rings. The van der Waals surface area contributed by atoms with Gasteiger partial charge in [0, 0.05) is 19.3 Å². The number of ether oxygens (including phenoxy) is 2. The first kappa shape index (κ1) is 25.9. The fourth-order valence-corrected chi connectivity index (χ4v) is 3.63. The third kappa shape index (κ3) is 7.37. The first-order valence-electron chi connectivity index (χ1n) is 11.9. The van der Waals surface area contributed by atoms with E-state index in [4.69, 9.17) is 9.47 Å². The van der Waals surface area contributed by atoms with Gasteiger partial charge in [0.05, 0.1) is 30.7 Å². The van der Waals surface area contributed by atoms with Crippen LogP contribution in [0.5, 0.6) is 5.75 Å². The summed E-state index contributed by atoms with van der Waals surface area (Å²) in [7, 11) is 1.53. The van der Waals surface area contributed by atoms with Gasteiger partial charge in [0.15, 0.2) is 0 Å². The zero-order valence-corrected chi connectivity index (χ0v) is 20.8. The second kappa shape index (κ2) is 12.6. The Kier molecular flexibility index (Phi) is 9.34. The van der Waals surface area contributed by atoms with E-state index in [-0.39, 0.29) is 18.1 Å². The van der Waals surface area contributed by atoms with Crippen molar-refractivity contribution in [2.45, 2.75) is 59.1 Å². The van der Waals surface area contributed by atoms with Crippen LogP contribution in [0.4, 0.5) is 10.6 Å². The van der Waals surface area contributed by atoms with Crippen LogP contribution in [0.15, 0.2) is 40.5 Å². The van der Waals surface area contributed by atoms with Crippen molar-refractivity contribution in [1.29, 1.82) is 0 Å². The molecule has 2 amide bonds. The lowest BCUT2D eigenvalue weighted by Gasteiger charge is -2.29. The van der Waals surface area contributed by atoms with E-state index < -0.39 is 0 Å². The fraction of sp³-hybridized carbons (Fsp3) is 0.423. The Labute approximate surface area is 206 Å². The lowest BCUT2D eigenvalue weighted by atomic mass is 9.96. The van der Waals surface area contributed by atoms with E-state index in [0.717, 1.165) is 30.4 Å². The number of nitrogens with one attached hydrogen (secondary N) is 1. The van der Waals surface area contributed by atoms with Gasteiger partial charge >= 0.3 is 6.09 Å².